The van der Waals surface area contributed by atoms with Crippen molar-refractivity contribution in [2.24, 2.45) is 10.2 Å². The highest BCUT2D eigenvalue weighted by Gasteiger charge is 1.89. The number of nitrogens with zero attached hydrogens (tertiary/aromatic N) is 2. The third-order valence-corrected chi connectivity index (χ3v) is 3.07. The van der Waals surface area contributed by atoms with Gasteiger partial charge in [0.2, 0.25) is 5.11 Å². The SMILES string of the molecule is CCCCCC/C=N\NC(=S)N/N=C\CCCCCC. The van der Waals surface area contributed by atoms with E-state index in [2.05, 4.69) is 34.9 Å². The zero-order valence-electron chi connectivity index (χ0n) is 13.0. The molecule has 0 saturated heterocycles. The Morgan fingerprint density at radius 1 is 0.800 bits per heavy atom. The number of hydrogen-bond donors (Lipinski definition) is 2. The number of hydrazone groups is 2. The smallest absolute Gasteiger partial charge is 0.207 e. The molecule has 0 bridgehead atoms. The summed E-state index contributed by atoms with van der Waals surface area (Å²) in [6.07, 6.45) is 15.8. The Morgan fingerprint density at radius 2 is 1.25 bits per heavy atom. The van der Waals surface area contributed by atoms with Crippen LogP contribution in [0, 0.1) is 0 Å². The minimum Gasteiger partial charge on any atom is -0.253 e. The Balaban J connectivity index is 3.39. The van der Waals surface area contributed by atoms with E-state index < -0.39 is 0 Å². The number of nitrogens with one attached hydrogen (secondary N) is 2. The van der Waals surface area contributed by atoms with Gasteiger partial charge in [0, 0.05) is 12.4 Å². The largest absolute Gasteiger partial charge is 0.253 e. The first-order valence-electron chi connectivity index (χ1n) is 7.90. The molecule has 0 aliphatic heterocycles. The quantitative estimate of drug-likeness (QED) is 0.243. The fourth-order valence-corrected chi connectivity index (χ4v) is 1.79. The second-order valence-electron chi connectivity index (χ2n) is 4.87. The van der Waals surface area contributed by atoms with Crippen LogP contribution in [0.3, 0.4) is 0 Å². The Morgan fingerprint density at radius 3 is 1.65 bits per heavy atom. The van der Waals surface area contributed by atoms with Gasteiger partial charge in [-0.25, -0.2) is 0 Å². The molecule has 0 aromatic heterocycles. The van der Waals surface area contributed by atoms with Crippen molar-refractivity contribution < 1.29 is 0 Å². The van der Waals surface area contributed by atoms with Crippen molar-refractivity contribution >= 4 is 29.8 Å². The average molecular weight is 299 g/mol. The van der Waals surface area contributed by atoms with Gasteiger partial charge in [-0.05, 0) is 37.9 Å². The molecule has 20 heavy (non-hydrogen) atoms. The van der Waals surface area contributed by atoms with E-state index >= 15 is 0 Å². The van der Waals surface area contributed by atoms with Gasteiger partial charge in [0.05, 0.1) is 0 Å². The van der Waals surface area contributed by atoms with E-state index in [1.54, 1.807) is 0 Å². The summed E-state index contributed by atoms with van der Waals surface area (Å²) >= 11 is 5.04. The highest BCUT2D eigenvalue weighted by molar-refractivity contribution is 7.80. The molecule has 0 radical (unpaired) electrons. The molecule has 2 N–H and O–H groups in total. The van der Waals surface area contributed by atoms with Gasteiger partial charge in [-0.15, -0.1) is 0 Å². The molecular formula is C15H30N4S. The molecule has 0 aliphatic carbocycles. The molecule has 0 heterocycles. The maximum Gasteiger partial charge on any atom is 0.207 e. The van der Waals surface area contributed by atoms with Crippen molar-refractivity contribution in [1.29, 1.82) is 0 Å². The lowest BCUT2D eigenvalue weighted by molar-refractivity contribution is 0.684. The van der Waals surface area contributed by atoms with Crippen molar-refractivity contribution in [1.82, 2.24) is 10.9 Å². The number of hydrogen-bond acceptors (Lipinski definition) is 3. The minimum absolute atomic E-state index is 0.444. The monoisotopic (exact) mass is 298 g/mol. The summed E-state index contributed by atoms with van der Waals surface area (Å²) in [4.78, 5) is 0. The second kappa shape index (κ2) is 16.1. The number of thiocarbonyl (C=S) groups is 1. The standard InChI is InChI=1S/C15H30N4S/c1-3-5-7-9-11-13-16-18-15(20)19-17-14-12-10-8-6-4-2/h13-14H,3-12H2,1-2H3,(H2,18,19,20)/b16-13-,17-14-. The Kier molecular flexibility index (Phi) is 15.3. The summed E-state index contributed by atoms with van der Waals surface area (Å²) in [5.74, 6) is 0. The molecule has 0 amide bonds. The topological polar surface area (TPSA) is 48.8 Å². The van der Waals surface area contributed by atoms with Crippen LogP contribution in [0.1, 0.15) is 78.1 Å². The van der Waals surface area contributed by atoms with Gasteiger partial charge in [0.1, 0.15) is 0 Å². The van der Waals surface area contributed by atoms with Gasteiger partial charge < -0.3 is 0 Å². The third-order valence-electron chi connectivity index (χ3n) is 2.89. The van der Waals surface area contributed by atoms with Gasteiger partial charge >= 0.3 is 0 Å². The van der Waals surface area contributed by atoms with Crippen molar-refractivity contribution in [3.63, 3.8) is 0 Å². The lowest BCUT2D eigenvalue weighted by Crippen LogP contribution is -2.28. The maximum atomic E-state index is 5.04. The second-order valence-corrected chi connectivity index (χ2v) is 5.28. The molecule has 0 aliphatic rings. The van der Waals surface area contributed by atoms with Crippen molar-refractivity contribution in [3.05, 3.63) is 0 Å². The molecule has 0 saturated carbocycles. The van der Waals surface area contributed by atoms with Crippen LogP contribution in [0.5, 0.6) is 0 Å². The average Bonchev–Trinajstić information content (AvgIpc) is 2.45. The zero-order chi connectivity index (χ0) is 14.9. The molecule has 0 fully saturated rings. The maximum absolute atomic E-state index is 5.04. The van der Waals surface area contributed by atoms with E-state index in [9.17, 15) is 0 Å². The highest BCUT2D eigenvalue weighted by atomic mass is 32.1. The van der Waals surface area contributed by atoms with E-state index in [1.807, 2.05) is 12.4 Å². The molecule has 0 aromatic carbocycles. The molecular weight excluding hydrogens is 268 g/mol. The summed E-state index contributed by atoms with van der Waals surface area (Å²) in [7, 11) is 0. The highest BCUT2D eigenvalue weighted by Crippen LogP contribution is 2.00. The first-order valence-corrected chi connectivity index (χ1v) is 8.31. The molecule has 0 spiro atoms. The molecule has 0 aromatic rings. The Labute approximate surface area is 129 Å². The predicted molar refractivity (Wildman–Crippen MR) is 93.4 cm³/mol. The van der Waals surface area contributed by atoms with Crippen molar-refractivity contribution in [3.8, 4) is 0 Å². The first-order chi connectivity index (χ1) is 9.81. The van der Waals surface area contributed by atoms with Crippen molar-refractivity contribution in [2.75, 3.05) is 0 Å². The molecule has 0 atom stereocenters. The summed E-state index contributed by atoms with van der Waals surface area (Å²) in [6.45, 7) is 4.42. The lowest BCUT2D eigenvalue weighted by atomic mass is 10.2. The van der Waals surface area contributed by atoms with E-state index in [0.717, 1.165) is 12.8 Å². The van der Waals surface area contributed by atoms with Crippen LogP contribution in [0.2, 0.25) is 0 Å². The van der Waals surface area contributed by atoms with Crippen molar-refractivity contribution in [2.45, 2.75) is 78.1 Å². The van der Waals surface area contributed by atoms with E-state index in [0.29, 0.717) is 5.11 Å². The molecule has 116 valence electrons. The van der Waals surface area contributed by atoms with Gasteiger partial charge in [-0.2, -0.15) is 10.2 Å². The normalized spacial score (nSPS) is 11.3. The van der Waals surface area contributed by atoms with Crippen LogP contribution < -0.4 is 10.9 Å². The van der Waals surface area contributed by atoms with Gasteiger partial charge in [-0.3, -0.25) is 10.9 Å². The fourth-order valence-electron chi connectivity index (χ4n) is 1.69. The minimum atomic E-state index is 0.444. The van der Waals surface area contributed by atoms with Crippen LogP contribution in [-0.2, 0) is 0 Å². The summed E-state index contributed by atoms with van der Waals surface area (Å²) in [6, 6.07) is 0. The van der Waals surface area contributed by atoms with Gasteiger partial charge in [0.25, 0.3) is 0 Å². The predicted octanol–water partition coefficient (Wildman–Crippen LogP) is 4.36. The molecule has 4 nitrogen and oxygen atoms in total. The van der Waals surface area contributed by atoms with Crippen LogP contribution >= 0.6 is 12.2 Å². The number of unbranched alkanes of at least 4 members (excludes halogenated alkanes) is 8. The molecule has 5 heteroatoms. The number of rotatable bonds is 12. The van der Waals surface area contributed by atoms with Crippen LogP contribution in [-0.4, -0.2) is 17.5 Å². The van der Waals surface area contributed by atoms with Gasteiger partial charge in [-0.1, -0.05) is 52.4 Å². The van der Waals surface area contributed by atoms with Crippen LogP contribution in [0.4, 0.5) is 0 Å². The van der Waals surface area contributed by atoms with E-state index in [4.69, 9.17) is 12.2 Å². The summed E-state index contributed by atoms with van der Waals surface area (Å²) in [5.41, 5.74) is 5.52. The fraction of sp³-hybridized carbons (Fsp3) is 0.800. The van der Waals surface area contributed by atoms with E-state index in [-0.39, 0.29) is 0 Å². The Bertz CT molecular complexity index is 251. The molecule has 0 unspecified atom stereocenters. The third kappa shape index (κ3) is 15.1. The molecule has 0 rings (SSSR count). The first kappa shape index (κ1) is 19.0. The Hall–Kier alpha value is -0.970. The van der Waals surface area contributed by atoms with Crippen LogP contribution in [0.25, 0.3) is 0 Å². The van der Waals surface area contributed by atoms with Crippen LogP contribution in [0.15, 0.2) is 10.2 Å². The van der Waals surface area contributed by atoms with Gasteiger partial charge in [0.15, 0.2) is 0 Å². The zero-order valence-corrected chi connectivity index (χ0v) is 13.8. The summed E-state index contributed by atoms with van der Waals surface area (Å²) < 4.78 is 0. The summed E-state index contributed by atoms with van der Waals surface area (Å²) in [5, 5.41) is 8.56. The lowest BCUT2D eigenvalue weighted by Gasteiger charge is -2.00. The van der Waals surface area contributed by atoms with E-state index in [1.165, 1.54) is 51.4 Å².